The van der Waals surface area contributed by atoms with Crippen LogP contribution in [0.4, 0.5) is 4.79 Å². The summed E-state index contributed by atoms with van der Waals surface area (Å²) in [6.45, 7) is 7.08. The molecule has 1 fully saturated rings. The molecule has 9 heteroatoms. The first-order valence-electron chi connectivity index (χ1n) is 9.43. The van der Waals surface area contributed by atoms with Crippen LogP contribution in [-0.2, 0) is 4.74 Å². The van der Waals surface area contributed by atoms with Crippen molar-refractivity contribution in [3.63, 3.8) is 0 Å². The molecule has 0 saturated carbocycles. The first-order valence-corrected chi connectivity index (χ1v) is 9.43. The number of hydrogen-bond acceptors (Lipinski definition) is 6. The number of hydrogen-bond donors (Lipinski definition) is 1. The molecule has 3 rings (SSSR count). The molecule has 1 saturated heterocycles. The molecule has 0 bridgehead atoms. The topological polar surface area (TPSA) is 113 Å². The summed E-state index contributed by atoms with van der Waals surface area (Å²) >= 11 is 0. The highest BCUT2D eigenvalue weighted by molar-refractivity contribution is 5.90. The fourth-order valence-corrected chi connectivity index (χ4v) is 3.02. The average molecular weight is 396 g/mol. The Morgan fingerprint density at radius 3 is 2.90 bits per heavy atom. The fourth-order valence-electron chi connectivity index (χ4n) is 3.02. The van der Waals surface area contributed by atoms with E-state index in [1.54, 1.807) is 29.2 Å². The zero-order valence-corrected chi connectivity index (χ0v) is 16.8. The highest BCUT2D eigenvalue weighted by atomic mass is 16.6. The second-order valence-corrected chi connectivity index (χ2v) is 7.97. The molecular formula is C20H24N6O3. The molecule has 1 aromatic carbocycles. The van der Waals surface area contributed by atoms with E-state index in [4.69, 9.17) is 10.00 Å². The summed E-state index contributed by atoms with van der Waals surface area (Å²) in [5, 5.41) is 16.0. The van der Waals surface area contributed by atoms with Crippen molar-refractivity contribution in [3.8, 4) is 11.8 Å². The normalized spacial score (nSPS) is 16.3. The molecule has 0 radical (unpaired) electrons. The predicted octanol–water partition coefficient (Wildman–Crippen LogP) is 2.13. The van der Waals surface area contributed by atoms with E-state index in [2.05, 4.69) is 21.5 Å². The Hall–Kier alpha value is -3.41. The van der Waals surface area contributed by atoms with Crippen molar-refractivity contribution in [1.82, 2.24) is 25.0 Å². The predicted molar refractivity (Wildman–Crippen MR) is 104 cm³/mol. The Morgan fingerprint density at radius 2 is 2.17 bits per heavy atom. The van der Waals surface area contributed by atoms with Gasteiger partial charge in [-0.2, -0.15) is 5.26 Å². The third kappa shape index (κ3) is 5.31. The number of nitrogens with zero attached hydrogens (tertiary/aromatic N) is 5. The molecule has 1 aromatic heterocycles. The zero-order chi connectivity index (χ0) is 21.0. The van der Waals surface area contributed by atoms with E-state index in [1.807, 2.05) is 20.8 Å². The summed E-state index contributed by atoms with van der Waals surface area (Å²) in [7, 11) is 0. The van der Waals surface area contributed by atoms with Crippen molar-refractivity contribution in [2.24, 2.45) is 5.92 Å². The lowest BCUT2D eigenvalue weighted by molar-refractivity contribution is 0.0288. The van der Waals surface area contributed by atoms with Gasteiger partial charge in [-0.1, -0.05) is 6.07 Å². The minimum Gasteiger partial charge on any atom is -0.444 e. The summed E-state index contributed by atoms with van der Waals surface area (Å²) < 4.78 is 6.84. The van der Waals surface area contributed by atoms with Crippen LogP contribution < -0.4 is 5.32 Å². The second-order valence-electron chi connectivity index (χ2n) is 7.97. The maximum atomic E-state index is 12.4. The first kappa shape index (κ1) is 20.3. The molecule has 2 heterocycles. The van der Waals surface area contributed by atoms with Crippen molar-refractivity contribution < 1.29 is 14.3 Å². The first-order chi connectivity index (χ1) is 13.7. The SMILES string of the molecule is CC(C)(C)OC(=O)N1CCC(CNC(=O)c2ncn(-c3cccc(C#N)c3)n2)C1. The van der Waals surface area contributed by atoms with Gasteiger partial charge in [-0.15, -0.1) is 5.10 Å². The Labute approximate surface area is 169 Å². The van der Waals surface area contributed by atoms with E-state index in [0.29, 0.717) is 30.9 Å². The summed E-state index contributed by atoms with van der Waals surface area (Å²) in [5.74, 6) is -0.175. The summed E-state index contributed by atoms with van der Waals surface area (Å²) in [5.41, 5.74) is 0.625. The number of rotatable bonds is 4. The van der Waals surface area contributed by atoms with Crippen LogP contribution in [0.3, 0.4) is 0 Å². The maximum Gasteiger partial charge on any atom is 0.410 e. The van der Waals surface area contributed by atoms with E-state index in [0.717, 1.165) is 6.42 Å². The van der Waals surface area contributed by atoms with Crippen LogP contribution in [0.25, 0.3) is 5.69 Å². The molecular weight excluding hydrogens is 372 g/mol. The number of ether oxygens (including phenoxy) is 1. The van der Waals surface area contributed by atoms with Crippen LogP contribution in [0, 0.1) is 17.2 Å². The summed E-state index contributed by atoms with van der Waals surface area (Å²) in [4.78, 5) is 30.2. The minimum atomic E-state index is -0.527. The van der Waals surface area contributed by atoms with Gasteiger partial charge in [0.05, 0.1) is 17.3 Å². The molecule has 1 N–H and O–H groups in total. The molecule has 1 aliphatic heterocycles. The van der Waals surface area contributed by atoms with Gasteiger partial charge in [0.2, 0.25) is 5.82 Å². The summed E-state index contributed by atoms with van der Waals surface area (Å²) in [6.07, 6.45) is 1.90. The summed E-state index contributed by atoms with van der Waals surface area (Å²) in [6, 6.07) is 8.94. The standard InChI is InChI=1S/C20H24N6O3/c1-20(2,3)29-19(28)25-8-7-15(12-25)11-22-18(27)17-23-13-26(24-17)16-6-4-5-14(9-16)10-21/h4-6,9,13,15H,7-8,11-12H2,1-3H3,(H,22,27). The minimum absolute atomic E-state index is 0.0503. The van der Waals surface area contributed by atoms with Crippen LogP contribution in [0.1, 0.15) is 43.4 Å². The smallest absolute Gasteiger partial charge is 0.410 e. The number of nitriles is 1. The third-order valence-corrected chi connectivity index (χ3v) is 4.42. The van der Waals surface area contributed by atoms with E-state index in [1.165, 1.54) is 11.0 Å². The lowest BCUT2D eigenvalue weighted by Crippen LogP contribution is -2.36. The molecule has 1 aliphatic rings. The number of aromatic nitrogens is 3. The van der Waals surface area contributed by atoms with Crippen molar-refractivity contribution in [1.29, 1.82) is 5.26 Å². The quantitative estimate of drug-likeness (QED) is 0.847. The van der Waals surface area contributed by atoms with E-state index >= 15 is 0 Å². The van der Waals surface area contributed by atoms with E-state index in [-0.39, 0.29) is 23.7 Å². The van der Waals surface area contributed by atoms with Gasteiger partial charge in [0.25, 0.3) is 5.91 Å². The van der Waals surface area contributed by atoms with Gasteiger partial charge in [-0.05, 0) is 51.3 Å². The van der Waals surface area contributed by atoms with E-state index < -0.39 is 5.60 Å². The number of amides is 2. The van der Waals surface area contributed by atoms with Crippen LogP contribution in [0.2, 0.25) is 0 Å². The number of benzene rings is 1. The van der Waals surface area contributed by atoms with Gasteiger partial charge in [-0.25, -0.2) is 14.5 Å². The molecule has 0 spiro atoms. The highest BCUT2D eigenvalue weighted by Gasteiger charge is 2.30. The molecule has 2 aromatic rings. The lowest BCUT2D eigenvalue weighted by Gasteiger charge is -2.24. The highest BCUT2D eigenvalue weighted by Crippen LogP contribution is 2.19. The number of nitrogens with one attached hydrogen (secondary N) is 1. The Balaban J connectivity index is 1.52. The number of carbonyl (C=O) groups excluding carboxylic acids is 2. The van der Waals surface area contributed by atoms with Gasteiger partial charge in [0, 0.05) is 19.6 Å². The zero-order valence-electron chi connectivity index (χ0n) is 16.8. The molecule has 0 aliphatic carbocycles. The second kappa shape index (κ2) is 8.31. The lowest BCUT2D eigenvalue weighted by atomic mass is 10.1. The van der Waals surface area contributed by atoms with Gasteiger partial charge in [-0.3, -0.25) is 4.79 Å². The van der Waals surface area contributed by atoms with Crippen molar-refractivity contribution in [2.75, 3.05) is 19.6 Å². The van der Waals surface area contributed by atoms with Crippen molar-refractivity contribution in [2.45, 2.75) is 32.8 Å². The third-order valence-electron chi connectivity index (χ3n) is 4.42. The van der Waals surface area contributed by atoms with Crippen molar-refractivity contribution >= 4 is 12.0 Å². The Kier molecular flexibility index (Phi) is 5.82. The van der Waals surface area contributed by atoms with Crippen molar-refractivity contribution in [3.05, 3.63) is 42.0 Å². The monoisotopic (exact) mass is 396 g/mol. The van der Waals surface area contributed by atoms with Gasteiger partial charge < -0.3 is 15.0 Å². The van der Waals surface area contributed by atoms with Gasteiger partial charge in [0.1, 0.15) is 11.9 Å². The van der Waals surface area contributed by atoms with Crippen LogP contribution in [0.5, 0.6) is 0 Å². The molecule has 9 nitrogen and oxygen atoms in total. The average Bonchev–Trinajstić information content (AvgIpc) is 3.34. The molecule has 2 amide bonds. The van der Waals surface area contributed by atoms with Gasteiger partial charge in [0.15, 0.2) is 0 Å². The molecule has 29 heavy (non-hydrogen) atoms. The van der Waals surface area contributed by atoms with Crippen LogP contribution in [0.15, 0.2) is 30.6 Å². The van der Waals surface area contributed by atoms with Crippen LogP contribution >= 0.6 is 0 Å². The number of carbonyl (C=O) groups is 2. The molecule has 1 atom stereocenters. The Morgan fingerprint density at radius 1 is 1.38 bits per heavy atom. The largest absolute Gasteiger partial charge is 0.444 e. The van der Waals surface area contributed by atoms with Gasteiger partial charge >= 0.3 is 6.09 Å². The number of likely N-dealkylation sites (tertiary alicyclic amines) is 1. The van der Waals surface area contributed by atoms with Crippen LogP contribution in [-0.4, -0.2) is 56.9 Å². The maximum absolute atomic E-state index is 12.4. The Bertz CT molecular complexity index is 940. The van der Waals surface area contributed by atoms with E-state index in [9.17, 15) is 9.59 Å². The fraction of sp³-hybridized carbons (Fsp3) is 0.450. The molecule has 1 unspecified atom stereocenters. The molecule has 152 valence electrons.